The molecule has 0 aliphatic rings. The van der Waals surface area contributed by atoms with Crippen molar-refractivity contribution in [1.82, 2.24) is 9.97 Å². The van der Waals surface area contributed by atoms with Gasteiger partial charge in [0.25, 0.3) is 0 Å². The van der Waals surface area contributed by atoms with Crippen LogP contribution in [0.1, 0.15) is 39.9 Å². The molecule has 3 rings (SSSR count). The molecule has 1 aromatic heterocycles. The third kappa shape index (κ3) is 4.55. The van der Waals surface area contributed by atoms with Crippen LogP contribution in [0.3, 0.4) is 0 Å². The minimum atomic E-state index is -1.15. The van der Waals surface area contributed by atoms with Gasteiger partial charge in [-0.05, 0) is 61.7 Å². The second-order valence-corrected chi connectivity index (χ2v) is 7.16. The van der Waals surface area contributed by atoms with Crippen molar-refractivity contribution in [3.8, 4) is 0 Å². The first-order chi connectivity index (χ1) is 13.8. The molecule has 0 radical (unpaired) electrons. The predicted octanol–water partition coefficient (Wildman–Crippen LogP) is 4.93. The molecule has 148 valence electrons. The quantitative estimate of drug-likeness (QED) is 0.553. The molecule has 0 unspecified atom stereocenters. The van der Waals surface area contributed by atoms with E-state index in [1.165, 1.54) is 6.07 Å². The van der Waals surface area contributed by atoms with E-state index in [2.05, 4.69) is 15.3 Å². The van der Waals surface area contributed by atoms with Crippen molar-refractivity contribution >= 4 is 34.6 Å². The van der Waals surface area contributed by atoms with Crippen LogP contribution in [0, 0.1) is 13.8 Å². The number of hydrogen-bond donors (Lipinski definition) is 3. The fraction of sp³-hybridized carbons (Fsp3) is 0.136. The summed E-state index contributed by atoms with van der Waals surface area (Å²) in [5.74, 6) is -0.554. The molecule has 2 aromatic carbocycles. The van der Waals surface area contributed by atoms with E-state index in [4.69, 9.17) is 17.3 Å². The molecule has 4 N–H and O–H groups in total. The summed E-state index contributed by atoms with van der Waals surface area (Å²) in [6, 6.07) is 14.3. The lowest BCUT2D eigenvalue weighted by atomic mass is 9.94. The standard InChI is InChI=1S/C22H21ClN4O2/c1-12-5-4-6-13(2)19(12)20(14(3)24)21-26-17(22(28)29)11-18(27-21)25-16-9-7-15(23)8-10-16/h4-11H,24H2,1-3H3,(H,28,29)(H,25,26,27). The van der Waals surface area contributed by atoms with E-state index in [1.54, 1.807) is 31.2 Å². The number of rotatable bonds is 5. The van der Waals surface area contributed by atoms with Crippen LogP contribution in [0.2, 0.25) is 5.02 Å². The summed E-state index contributed by atoms with van der Waals surface area (Å²) in [5.41, 5.74) is 10.8. The Labute approximate surface area is 174 Å². The molecule has 0 saturated heterocycles. The number of carboxylic acid groups (broad SMARTS) is 1. The molecule has 0 aliphatic carbocycles. The van der Waals surface area contributed by atoms with Gasteiger partial charge in [0.05, 0.1) is 0 Å². The smallest absolute Gasteiger partial charge is 0.354 e. The normalized spacial score (nSPS) is 11.7. The summed E-state index contributed by atoms with van der Waals surface area (Å²) < 4.78 is 0. The molecule has 6 nitrogen and oxygen atoms in total. The number of anilines is 2. The summed E-state index contributed by atoms with van der Waals surface area (Å²) in [4.78, 5) is 20.5. The number of halogens is 1. The van der Waals surface area contributed by atoms with Gasteiger partial charge in [-0.15, -0.1) is 0 Å². The molecule has 3 aromatic rings. The van der Waals surface area contributed by atoms with Gasteiger partial charge in [-0.1, -0.05) is 29.8 Å². The van der Waals surface area contributed by atoms with E-state index < -0.39 is 5.97 Å². The molecular weight excluding hydrogens is 388 g/mol. The minimum absolute atomic E-state index is 0.128. The zero-order valence-corrected chi connectivity index (χ0v) is 17.1. The van der Waals surface area contributed by atoms with Crippen LogP contribution in [-0.4, -0.2) is 21.0 Å². The number of aryl methyl sites for hydroxylation is 2. The summed E-state index contributed by atoms with van der Waals surface area (Å²) in [6.07, 6.45) is 0. The topological polar surface area (TPSA) is 101 Å². The first kappa shape index (κ1) is 20.4. The number of nitrogens with one attached hydrogen (secondary N) is 1. The molecule has 0 fully saturated rings. The molecule has 29 heavy (non-hydrogen) atoms. The minimum Gasteiger partial charge on any atom is -0.477 e. The highest BCUT2D eigenvalue weighted by Gasteiger charge is 2.19. The van der Waals surface area contributed by atoms with Crippen LogP contribution in [0.4, 0.5) is 11.5 Å². The molecule has 0 saturated carbocycles. The van der Waals surface area contributed by atoms with Crippen molar-refractivity contribution in [2.75, 3.05) is 5.32 Å². The lowest BCUT2D eigenvalue weighted by Crippen LogP contribution is -2.11. The van der Waals surface area contributed by atoms with E-state index in [1.807, 2.05) is 32.0 Å². The van der Waals surface area contributed by atoms with Crippen molar-refractivity contribution in [3.63, 3.8) is 0 Å². The third-order valence-electron chi connectivity index (χ3n) is 4.41. The van der Waals surface area contributed by atoms with Gasteiger partial charge in [0.2, 0.25) is 0 Å². The van der Waals surface area contributed by atoms with E-state index in [0.29, 0.717) is 22.1 Å². The van der Waals surface area contributed by atoms with E-state index >= 15 is 0 Å². The Bertz CT molecular complexity index is 1080. The second-order valence-electron chi connectivity index (χ2n) is 6.72. The Morgan fingerprint density at radius 3 is 2.24 bits per heavy atom. The maximum absolute atomic E-state index is 11.7. The summed E-state index contributed by atoms with van der Waals surface area (Å²) in [7, 11) is 0. The number of aromatic nitrogens is 2. The van der Waals surface area contributed by atoms with Gasteiger partial charge in [0, 0.05) is 28.0 Å². The van der Waals surface area contributed by atoms with Gasteiger partial charge < -0.3 is 16.2 Å². The zero-order valence-electron chi connectivity index (χ0n) is 16.3. The average Bonchev–Trinajstić information content (AvgIpc) is 2.66. The van der Waals surface area contributed by atoms with Crippen molar-refractivity contribution in [2.24, 2.45) is 5.73 Å². The Kier molecular flexibility index (Phi) is 5.84. The number of hydrogen-bond acceptors (Lipinski definition) is 5. The van der Waals surface area contributed by atoms with Crippen molar-refractivity contribution in [2.45, 2.75) is 20.8 Å². The SMILES string of the molecule is CC(N)=C(c1nc(Nc2ccc(Cl)cc2)cc(C(=O)O)n1)c1c(C)cccc1C. The largest absolute Gasteiger partial charge is 0.477 e. The highest BCUT2D eigenvalue weighted by atomic mass is 35.5. The molecule has 1 heterocycles. The molecule has 0 spiro atoms. The zero-order chi connectivity index (χ0) is 21.1. The van der Waals surface area contributed by atoms with Gasteiger partial charge in [-0.3, -0.25) is 0 Å². The lowest BCUT2D eigenvalue weighted by Gasteiger charge is -2.16. The highest BCUT2D eigenvalue weighted by Crippen LogP contribution is 2.30. The van der Waals surface area contributed by atoms with Crippen LogP contribution in [0.5, 0.6) is 0 Å². The van der Waals surface area contributed by atoms with Crippen LogP contribution < -0.4 is 11.1 Å². The van der Waals surface area contributed by atoms with Gasteiger partial charge in [0.15, 0.2) is 11.5 Å². The Balaban J connectivity index is 2.16. The first-order valence-corrected chi connectivity index (χ1v) is 9.32. The third-order valence-corrected chi connectivity index (χ3v) is 4.66. The molecule has 0 amide bonds. The summed E-state index contributed by atoms with van der Waals surface area (Å²) >= 11 is 5.93. The highest BCUT2D eigenvalue weighted by molar-refractivity contribution is 6.30. The van der Waals surface area contributed by atoms with Gasteiger partial charge in [-0.2, -0.15) is 0 Å². The number of allylic oxidation sites excluding steroid dienone is 1. The van der Waals surface area contributed by atoms with Gasteiger partial charge in [0.1, 0.15) is 5.82 Å². The van der Waals surface area contributed by atoms with Crippen LogP contribution in [0.25, 0.3) is 5.57 Å². The number of carboxylic acids is 1. The molecule has 7 heteroatoms. The number of aromatic carboxylic acids is 1. The van der Waals surface area contributed by atoms with E-state index in [-0.39, 0.29) is 11.5 Å². The predicted molar refractivity (Wildman–Crippen MR) is 116 cm³/mol. The van der Waals surface area contributed by atoms with E-state index in [0.717, 1.165) is 22.4 Å². The molecule has 0 atom stereocenters. The lowest BCUT2D eigenvalue weighted by molar-refractivity contribution is 0.0690. The maximum atomic E-state index is 11.7. The van der Waals surface area contributed by atoms with Gasteiger partial charge >= 0.3 is 5.97 Å². The number of carbonyl (C=O) groups is 1. The number of nitrogens with zero attached hydrogens (tertiary/aromatic N) is 2. The Morgan fingerprint density at radius 2 is 1.69 bits per heavy atom. The Hall–Kier alpha value is -3.38. The van der Waals surface area contributed by atoms with E-state index in [9.17, 15) is 9.90 Å². The van der Waals surface area contributed by atoms with Crippen LogP contribution in [-0.2, 0) is 0 Å². The summed E-state index contributed by atoms with van der Waals surface area (Å²) in [6.45, 7) is 5.70. The average molecular weight is 409 g/mol. The van der Waals surface area contributed by atoms with Gasteiger partial charge in [-0.25, -0.2) is 14.8 Å². The fourth-order valence-electron chi connectivity index (χ4n) is 3.11. The fourth-order valence-corrected chi connectivity index (χ4v) is 3.23. The maximum Gasteiger partial charge on any atom is 0.354 e. The second kappa shape index (κ2) is 8.32. The van der Waals surface area contributed by atoms with Crippen molar-refractivity contribution in [3.05, 3.63) is 87.5 Å². The molecule has 0 aliphatic heterocycles. The summed E-state index contributed by atoms with van der Waals surface area (Å²) in [5, 5.41) is 13.3. The molecule has 0 bridgehead atoms. The Morgan fingerprint density at radius 1 is 1.07 bits per heavy atom. The van der Waals surface area contributed by atoms with Crippen molar-refractivity contribution < 1.29 is 9.90 Å². The number of benzene rings is 2. The first-order valence-electron chi connectivity index (χ1n) is 8.94. The monoisotopic (exact) mass is 408 g/mol. The number of nitrogens with two attached hydrogens (primary N) is 1. The van der Waals surface area contributed by atoms with Crippen LogP contribution >= 0.6 is 11.6 Å². The molecular formula is C22H21ClN4O2. The van der Waals surface area contributed by atoms with Crippen molar-refractivity contribution in [1.29, 1.82) is 0 Å². The van der Waals surface area contributed by atoms with Crippen LogP contribution in [0.15, 0.2) is 54.2 Å².